The third-order valence-corrected chi connectivity index (χ3v) is 5.26. The number of nitrogens with one attached hydrogen (secondary N) is 4. The summed E-state index contributed by atoms with van der Waals surface area (Å²) in [6.07, 6.45) is -0.393. The minimum Gasteiger partial charge on any atom is -0.457 e. The van der Waals surface area contributed by atoms with E-state index in [1.165, 1.54) is 42.5 Å². The van der Waals surface area contributed by atoms with Gasteiger partial charge in [0.15, 0.2) is 0 Å². The second-order valence-corrected chi connectivity index (χ2v) is 7.77. The number of urea groups is 1. The van der Waals surface area contributed by atoms with Gasteiger partial charge in [-0.1, -0.05) is 11.3 Å². The predicted octanol–water partition coefficient (Wildman–Crippen LogP) is 4.29. The van der Waals surface area contributed by atoms with Gasteiger partial charge in [0.1, 0.15) is 17.2 Å². The van der Waals surface area contributed by atoms with Gasteiger partial charge < -0.3 is 15.4 Å². The van der Waals surface area contributed by atoms with Gasteiger partial charge in [-0.2, -0.15) is 13.2 Å². The van der Waals surface area contributed by atoms with Gasteiger partial charge in [-0.05, 0) is 43.3 Å². The first kappa shape index (κ1) is 25.9. The maximum absolute atomic E-state index is 13.3. The largest absolute Gasteiger partial charge is 0.457 e. The van der Waals surface area contributed by atoms with E-state index in [-0.39, 0.29) is 23.0 Å². The SMILES string of the molecule is CNC(=O)c1cc(Oc2cccc(NNC(=O)Nc3cc(C(F)(F)F)ccc3-n3ccnn3)c2C)ccn1. The summed E-state index contributed by atoms with van der Waals surface area (Å²) in [6.45, 7) is 1.73. The van der Waals surface area contributed by atoms with E-state index in [0.29, 0.717) is 22.7 Å². The second-order valence-electron chi connectivity index (χ2n) is 7.77. The molecule has 0 saturated carbocycles. The molecule has 2 aromatic heterocycles. The molecule has 4 N–H and O–H groups in total. The Morgan fingerprint density at radius 2 is 1.84 bits per heavy atom. The Morgan fingerprint density at radius 3 is 2.55 bits per heavy atom. The lowest BCUT2D eigenvalue weighted by molar-refractivity contribution is -0.137. The number of carbonyl (C=O) groups is 2. The molecule has 0 aliphatic carbocycles. The molecule has 0 unspecified atom stereocenters. The van der Waals surface area contributed by atoms with Crippen LogP contribution in [0, 0.1) is 6.92 Å². The number of benzene rings is 2. The highest BCUT2D eigenvalue weighted by atomic mass is 19.4. The van der Waals surface area contributed by atoms with E-state index >= 15 is 0 Å². The van der Waals surface area contributed by atoms with Crippen molar-refractivity contribution in [1.29, 1.82) is 0 Å². The maximum Gasteiger partial charge on any atom is 0.416 e. The zero-order valence-electron chi connectivity index (χ0n) is 20.0. The van der Waals surface area contributed by atoms with E-state index in [4.69, 9.17) is 4.74 Å². The number of aromatic nitrogens is 4. The average Bonchev–Trinajstić information content (AvgIpc) is 3.43. The molecule has 196 valence electrons. The average molecular weight is 526 g/mol. The van der Waals surface area contributed by atoms with Crippen LogP contribution < -0.4 is 26.2 Å². The lowest BCUT2D eigenvalue weighted by Gasteiger charge is -2.17. The van der Waals surface area contributed by atoms with Gasteiger partial charge in [0.2, 0.25) is 0 Å². The van der Waals surface area contributed by atoms with Gasteiger partial charge >= 0.3 is 12.2 Å². The molecule has 0 fully saturated rings. The van der Waals surface area contributed by atoms with E-state index < -0.39 is 17.8 Å². The van der Waals surface area contributed by atoms with Crippen LogP contribution in [0.2, 0.25) is 0 Å². The zero-order chi connectivity index (χ0) is 27.3. The topological polar surface area (TPSA) is 135 Å². The van der Waals surface area contributed by atoms with Crippen molar-refractivity contribution in [3.05, 3.63) is 83.9 Å². The normalized spacial score (nSPS) is 11.0. The molecule has 0 atom stereocenters. The molecule has 11 nitrogen and oxygen atoms in total. The predicted molar refractivity (Wildman–Crippen MR) is 131 cm³/mol. The molecule has 2 aromatic carbocycles. The van der Waals surface area contributed by atoms with Crippen LogP contribution in [0.15, 0.2) is 67.1 Å². The van der Waals surface area contributed by atoms with Gasteiger partial charge in [0.05, 0.1) is 35.0 Å². The van der Waals surface area contributed by atoms with Crippen molar-refractivity contribution in [2.75, 3.05) is 17.8 Å². The van der Waals surface area contributed by atoms with Gasteiger partial charge in [0, 0.05) is 24.9 Å². The number of nitrogens with zero attached hydrogens (tertiary/aromatic N) is 4. The number of hydrogen-bond donors (Lipinski definition) is 4. The molecule has 0 radical (unpaired) electrons. The van der Waals surface area contributed by atoms with Gasteiger partial charge in [-0.3, -0.25) is 20.6 Å². The van der Waals surface area contributed by atoms with Crippen molar-refractivity contribution in [2.45, 2.75) is 13.1 Å². The van der Waals surface area contributed by atoms with Crippen LogP contribution in [0.1, 0.15) is 21.6 Å². The first-order chi connectivity index (χ1) is 18.2. The van der Waals surface area contributed by atoms with Crippen molar-refractivity contribution < 1.29 is 27.5 Å². The number of hydrazine groups is 1. The van der Waals surface area contributed by atoms with Crippen LogP contribution in [0.3, 0.4) is 0 Å². The molecule has 14 heteroatoms. The van der Waals surface area contributed by atoms with Crippen LogP contribution in [0.4, 0.5) is 29.3 Å². The fourth-order valence-electron chi connectivity index (χ4n) is 3.34. The number of carbonyl (C=O) groups excluding carboxylic acids is 2. The van der Waals surface area contributed by atoms with Gasteiger partial charge in [-0.25, -0.2) is 9.48 Å². The Labute approximate surface area is 214 Å². The van der Waals surface area contributed by atoms with Crippen LogP contribution in [-0.2, 0) is 6.18 Å². The highest BCUT2D eigenvalue weighted by Crippen LogP contribution is 2.33. The number of halogens is 3. The molecule has 0 saturated heterocycles. The summed E-state index contributed by atoms with van der Waals surface area (Å²) in [7, 11) is 1.49. The van der Waals surface area contributed by atoms with Crippen LogP contribution >= 0.6 is 0 Å². The molecule has 4 rings (SSSR count). The molecular formula is C24H21F3N8O3. The van der Waals surface area contributed by atoms with Crippen LogP contribution in [0.25, 0.3) is 5.69 Å². The number of pyridine rings is 1. The number of anilines is 2. The van der Waals surface area contributed by atoms with Crippen molar-refractivity contribution in [1.82, 2.24) is 30.7 Å². The van der Waals surface area contributed by atoms with E-state index in [1.807, 2.05) is 0 Å². The summed E-state index contributed by atoms with van der Waals surface area (Å²) < 4.78 is 46.9. The maximum atomic E-state index is 13.3. The lowest BCUT2D eigenvalue weighted by atomic mass is 10.1. The Morgan fingerprint density at radius 1 is 1.03 bits per heavy atom. The fraction of sp³-hybridized carbons (Fsp3) is 0.125. The standard InChI is InChI=1S/C24H21F3N8O3/c1-14-17(4-3-5-21(14)38-16-8-9-29-19(13-16)22(36)28-2)32-33-23(37)31-18-12-15(24(25,26)27)6-7-20(18)35-11-10-30-34-35/h3-13,32H,1-2H3,(H,28,36)(H2,31,33,37). The minimum atomic E-state index is -4.61. The minimum absolute atomic E-state index is 0.136. The first-order valence-corrected chi connectivity index (χ1v) is 11.0. The Hall–Kier alpha value is -5.14. The summed E-state index contributed by atoms with van der Waals surface area (Å²) in [5.74, 6) is 0.429. The number of rotatable bonds is 7. The zero-order valence-corrected chi connectivity index (χ0v) is 20.0. The highest BCUT2D eigenvalue weighted by molar-refractivity contribution is 5.93. The molecule has 0 aliphatic heterocycles. The molecule has 0 spiro atoms. The summed E-state index contributed by atoms with van der Waals surface area (Å²) in [5, 5.41) is 12.3. The van der Waals surface area contributed by atoms with Gasteiger partial charge in [0.25, 0.3) is 5.91 Å². The number of amides is 3. The molecule has 4 aromatic rings. The fourth-order valence-corrected chi connectivity index (χ4v) is 3.34. The van der Waals surface area contributed by atoms with E-state index in [9.17, 15) is 22.8 Å². The molecule has 3 amide bonds. The van der Waals surface area contributed by atoms with Crippen LogP contribution in [-0.4, -0.2) is 39.0 Å². The second kappa shape index (κ2) is 10.9. The monoisotopic (exact) mass is 526 g/mol. The van der Waals surface area contributed by atoms with E-state index in [1.54, 1.807) is 31.2 Å². The smallest absolute Gasteiger partial charge is 0.416 e. The number of alkyl halides is 3. The Balaban J connectivity index is 1.48. The number of ether oxygens (including phenoxy) is 1. The summed E-state index contributed by atoms with van der Waals surface area (Å²) in [4.78, 5) is 28.4. The molecule has 0 bridgehead atoms. The number of hydrogen-bond acceptors (Lipinski definition) is 7. The molecular weight excluding hydrogens is 505 g/mol. The molecule has 2 heterocycles. The van der Waals surface area contributed by atoms with Crippen molar-refractivity contribution in [2.24, 2.45) is 0 Å². The Bertz CT molecular complexity index is 1460. The van der Waals surface area contributed by atoms with Crippen molar-refractivity contribution in [3.8, 4) is 17.2 Å². The Kier molecular flexibility index (Phi) is 7.41. The third-order valence-electron chi connectivity index (χ3n) is 5.26. The van der Waals surface area contributed by atoms with Gasteiger partial charge in [-0.15, -0.1) is 5.10 Å². The lowest BCUT2D eigenvalue weighted by Crippen LogP contribution is -2.34. The van der Waals surface area contributed by atoms with E-state index in [2.05, 4.69) is 36.8 Å². The highest BCUT2D eigenvalue weighted by Gasteiger charge is 2.31. The van der Waals surface area contributed by atoms with Crippen molar-refractivity contribution in [3.63, 3.8) is 0 Å². The van der Waals surface area contributed by atoms with Crippen molar-refractivity contribution >= 4 is 23.3 Å². The summed E-state index contributed by atoms with van der Waals surface area (Å²) in [6, 6.07) is 10.1. The molecule has 0 aliphatic rings. The first-order valence-electron chi connectivity index (χ1n) is 11.0. The van der Waals surface area contributed by atoms with E-state index in [0.717, 1.165) is 12.1 Å². The summed E-state index contributed by atoms with van der Waals surface area (Å²) >= 11 is 0. The summed E-state index contributed by atoms with van der Waals surface area (Å²) in [5.41, 5.74) is 5.46. The molecule has 38 heavy (non-hydrogen) atoms. The third kappa shape index (κ3) is 5.98. The quantitative estimate of drug-likeness (QED) is 0.264. The van der Waals surface area contributed by atoms with Crippen LogP contribution in [0.5, 0.6) is 11.5 Å².